The van der Waals surface area contributed by atoms with Crippen molar-refractivity contribution in [3.05, 3.63) is 95.1 Å². The lowest BCUT2D eigenvalue weighted by Crippen LogP contribution is -2.53. The Morgan fingerprint density at radius 1 is 1.02 bits per heavy atom. The Bertz CT molecular complexity index is 1590. The molecule has 1 fully saturated rings. The second-order valence-corrected chi connectivity index (χ2v) is 12.1. The number of amidine groups is 1. The summed E-state index contributed by atoms with van der Waals surface area (Å²) in [6, 6.07) is 21.5. The highest BCUT2D eigenvalue weighted by Gasteiger charge is 2.42. The fourth-order valence-electron chi connectivity index (χ4n) is 6.54. The van der Waals surface area contributed by atoms with Crippen molar-refractivity contribution in [3.8, 4) is 11.5 Å². The summed E-state index contributed by atoms with van der Waals surface area (Å²) in [5, 5.41) is 16.7. The quantitative estimate of drug-likeness (QED) is 0.196. The van der Waals surface area contributed by atoms with Gasteiger partial charge in [-0.3, -0.25) is 15.0 Å². The molecule has 0 bridgehead atoms. The summed E-state index contributed by atoms with van der Waals surface area (Å²) in [4.78, 5) is 44.8. The molecule has 0 aliphatic carbocycles. The predicted octanol–water partition coefficient (Wildman–Crippen LogP) is 3.85. The lowest BCUT2D eigenvalue weighted by atomic mass is 9.88. The molecule has 3 aromatic rings. The molecule has 3 aromatic carbocycles. The third-order valence-electron chi connectivity index (χ3n) is 9.16. The van der Waals surface area contributed by atoms with E-state index in [0.29, 0.717) is 37.7 Å². The summed E-state index contributed by atoms with van der Waals surface area (Å²) in [7, 11) is 4.95. The topological polar surface area (TPSA) is 136 Å². The number of hydrogen-bond acceptors (Lipinski definition) is 6. The molecule has 0 saturated carbocycles. The maximum atomic E-state index is 14.5. The standard InChI is InChI=1S/C36H44N6O5/c1-23(37)39-20-26-10-6-5-9-25(26)19-31(40-36(45)41(3)32-17-18-47-33-12-8-7-11-28(32)33)35(44)42-21-29(30(22-42)34(43)38-2)24-13-15-27(46-4)16-14-24/h5-16,29-32H,17-22H2,1-4H3,(H2,37,39)(H,38,43)(H,40,45)/t29-,30+,31-,32-/m0/s1. The first-order chi connectivity index (χ1) is 22.7. The predicted molar refractivity (Wildman–Crippen MR) is 180 cm³/mol. The van der Waals surface area contributed by atoms with Crippen LogP contribution in [0.15, 0.2) is 72.8 Å². The Morgan fingerprint density at radius 3 is 2.43 bits per heavy atom. The van der Waals surface area contributed by atoms with Gasteiger partial charge >= 0.3 is 6.03 Å². The number of rotatable bonds is 10. The fraction of sp³-hybridized carbons (Fsp3) is 0.389. The van der Waals surface area contributed by atoms with Gasteiger partial charge in [-0.25, -0.2) is 4.79 Å². The molecular formula is C36H44N6O5. The number of urea groups is 1. The van der Waals surface area contributed by atoms with E-state index in [4.69, 9.17) is 14.9 Å². The van der Waals surface area contributed by atoms with Crippen LogP contribution in [0.3, 0.4) is 0 Å². The second kappa shape index (κ2) is 15.0. The molecule has 5 rings (SSSR count). The van der Waals surface area contributed by atoms with Gasteiger partial charge in [0.25, 0.3) is 0 Å². The average molecular weight is 641 g/mol. The molecule has 47 heavy (non-hydrogen) atoms. The van der Waals surface area contributed by atoms with E-state index in [1.165, 1.54) is 0 Å². The van der Waals surface area contributed by atoms with Gasteiger partial charge in [-0.1, -0.05) is 54.6 Å². The Balaban J connectivity index is 1.42. The first kappa shape index (κ1) is 33.3. The molecule has 11 nitrogen and oxygen atoms in total. The first-order valence-corrected chi connectivity index (χ1v) is 15.9. The minimum absolute atomic E-state index is 0.141. The Hall–Kier alpha value is -5.06. The molecular weight excluding hydrogens is 596 g/mol. The van der Waals surface area contributed by atoms with Crippen LogP contribution in [0, 0.1) is 11.3 Å². The van der Waals surface area contributed by atoms with Gasteiger partial charge in [-0.2, -0.15) is 0 Å². The van der Waals surface area contributed by atoms with Gasteiger partial charge in [0.2, 0.25) is 11.8 Å². The van der Waals surface area contributed by atoms with Crippen LogP contribution in [0.25, 0.3) is 0 Å². The van der Waals surface area contributed by atoms with E-state index >= 15 is 0 Å². The molecule has 4 N–H and O–H groups in total. The number of nitrogens with zero attached hydrogens (tertiary/aromatic N) is 2. The molecule has 2 heterocycles. The molecule has 0 aromatic heterocycles. The number of nitrogens with one attached hydrogen (secondary N) is 4. The highest BCUT2D eigenvalue weighted by Crippen LogP contribution is 2.36. The van der Waals surface area contributed by atoms with E-state index in [0.717, 1.165) is 28.0 Å². The summed E-state index contributed by atoms with van der Waals surface area (Å²) in [5.41, 5.74) is 3.67. The van der Waals surface area contributed by atoms with E-state index in [2.05, 4.69) is 16.0 Å². The van der Waals surface area contributed by atoms with Crippen LogP contribution in [0.4, 0.5) is 4.79 Å². The molecule has 0 unspecified atom stereocenters. The highest BCUT2D eigenvalue weighted by atomic mass is 16.5. The maximum absolute atomic E-state index is 14.5. The minimum Gasteiger partial charge on any atom is -0.497 e. The number of carbonyl (C=O) groups excluding carboxylic acids is 3. The van der Waals surface area contributed by atoms with Gasteiger partial charge in [0.05, 0.1) is 31.5 Å². The number of benzene rings is 3. The largest absolute Gasteiger partial charge is 0.497 e. The van der Waals surface area contributed by atoms with Crippen molar-refractivity contribution in [2.45, 2.75) is 44.3 Å². The molecule has 11 heteroatoms. The zero-order chi connectivity index (χ0) is 33.5. The molecule has 4 amide bonds. The van der Waals surface area contributed by atoms with E-state index in [-0.39, 0.29) is 42.8 Å². The van der Waals surface area contributed by atoms with Gasteiger partial charge in [-0.05, 0) is 41.8 Å². The third kappa shape index (κ3) is 7.67. The number of methoxy groups -OCH3 is 1. The van der Waals surface area contributed by atoms with Crippen LogP contribution in [-0.4, -0.2) is 80.4 Å². The van der Waals surface area contributed by atoms with E-state index < -0.39 is 12.0 Å². The summed E-state index contributed by atoms with van der Waals surface area (Å²) < 4.78 is 11.1. The van der Waals surface area contributed by atoms with Crippen LogP contribution < -0.4 is 25.4 Å². The van der Waals surface area contributed by atoms with Crippen LogP contribution in [-0.2, 0) is 22.6 Å². The monoisotopic (exact) mass is 640 g/mol. The van der Waals surface area contributed by atoms with Gasteiger partial charge in [0.1, 0.15) is 17.5 Å². The SMILES string of the molecule is CNC(=O)[C@@H]1CN(C(=O)[C@H](Cc2ccccc2CNC(C)=N)NC(=O)N(C)[C@H]2CCOc3ccccc32)C[C@H]1c1ccc(OC)cc1. The van der Waals surface area contributed by atoms with E-state index in [9.17, 15) is 14.4 Å². The normalized spacial score (nSPS) is 19.1. The number of hydrogen-bond donors (Lipinski definition) is 4. The lowest BCUT2D eigenvalue weighted by Gasteiger charge is -2.34. The summed E-state index contributed by atoms with van der Waals surface area (Å²) >= 11 is 0. The minimum atomic E-state index is -0.901. The summed E-state index contributed by atoms with van der Waals surface area (Å²) in [5.74, 6) is 0.716. The number of amides is 4. The fourth-order valence-corrected chi connectivity index (χ4v) is 6.54. The molecule has 0 spiro atoms. The van der Waals surface area contributed by atoms with Crippen LogP contribution in [0.2, 0.25) is 0 Å². The summed E-state index contributed by atoms with van der Waals surface area (Å²) in [6.45, 7) is 3.13. The van der Waals surface area contributed by atoms with Gasteiger partial charge in [-0.15, -0.1) is 0 Å². The molecule has 0 radical (unpaired) electrons. The van der Waals surface area contributed by atoms with Crippen molar-refractivity contribution in [2.24, 2.45) is 5.92 Å². The van der Waals surface area contributed by atoms with Gasteiger partial charge in [0.15, 0.2) is 0 Å². The van der Waals surface area contributed by atoms with Crippen molar-refractivity contribution in [1.82, 2.24) is 25.8 Å². The maximum Gasteiger partial charge on any atom is 0.318 e. The van der Waals surface area contributed by atoms with Crippen LogP contribution >= 0.6 is 0 Å². The molecule has 4 atom stereocenters. The first-order valence-electron chi connectivity index (χ1n) is 15.9. The van der Waals surface area contributed by atoms with Crippen LogP contribution in [0.5, 0.6) is 11.5 Å². The van der Waals surface area contributed by atoms with E-state index in [1.54, 1.807) is 37.9 Å². The molecule has 248 valence electrons. The Morgan fingerprint density at radius 2 is 1.72 bits per heavy atom. The Kier molecular flexibility index (Phi) is 10.6. The van der Waals surface area contributed by atoms with Crippen LogP contribution in [0.1, 0.15) is 47.6 Å². The highest BCUT2D eigenvalue weighted by molar-refractivity contribution is 5.89. The zero-order valence-corrected chi connectivity index (χ0v) is 27.4. The zero-order valence-electron chi connectivity index (χ0n) is 27.4. The van der Waals surface area contributed by atoms with Crippen molar-refractivity contribution in [2.75, 3.05) is 40.9 Å². The van der Waals surface area contributed by atoms with E-state index in [1.807, 2.05) is 72.8 Å². The smallest absolute Gasteiger partial charge is 0.318 e. The number of fused-ring (bicyclic) bond motifs is 1. The number of ether oxygens (including phenoxy) is 2. The number of likely N-dealkylation sites (tertiary alicyclic amines) is 1. The number of para-hydroxylation sites is 1. The van der Waals surface area contributed by atoms with Crippen molar-refractivity contribution < 1.29 is 23.9 Å². The van der Waals surface area contributed by atoms with Crippen molar-refractivity contribution in [3.63, 3.8) is 0 Å². The van der Waals surface area contributed by atoms with Crippen molar-refractivity contribution >= 4 is 23.7 Å². The third-order valence-corrected chi connectivity index (χ3v) is 9.16. The molecule has 2 aliphatic heterocycles. The Labute approximate surface area is 276 Å². The van der Waals surface area contributed by atoms with Gasteiger partial charge < -0.3 is 35.2 Å². The second-order valence-electron chi connectivity index (χ2n) is 12.1. The molecule has 1 saturated heterocycles. The number of carbonyl (C=O) groups is 3. The van der Waals surface area contributed by atoms with Crippen molar-refractivity contribution in [1.29, 1.82) is 5.41 Å². The average Bonchev–Trinajstić information content (AvgIpc) is 3.55. The lowest BCUT2D eigenvalue weighted by molar-refractivity contribution is -0.132. The molecule has 2 aliphatic rings. The van der Waals surface area contributed by atoms with Gasteiger partial charge in [0, 0.05) is 58.1 Å². The summed E-state index contributed by atoms with van der Waals surface area (Å²) in [6.07, 6.45) is 0.868.